The van der Waals surface area contributed by atoms with Crippen LogP contribution in [0.1, 0.15) is 18.9 Å². The first-order valence-corrected chi connectivity index (χ1v) is 8.09. The number of hydrogen-bond donors (Lipinski definition) is 0. The Balaban J connectivity index is 1.83. The minimum absolute atomic E-state index is 0.771. The average molecular weight is 307 g/mol. The summed E-state index contributed by atoms with van der Waals surface area (Å²) in [5.74, 6) is 0. The van der Waals surface area contributed by atoms with Crippen LogP contribution in [0.2, 0.25) is 5.02 Å². The first-order valence-electron chi connectivity index (χ1n) is 7.71. The van der Waals surface area contributed by atoms with Crippen molar-refractivity contribution in [1.82, 2.24) is 0 Å². The van der Waals surface area contributed by atoms with Gasteiger partial charge in [-0.2, -0.15) is 0 Å². The molecule has 0 amide bonds. The predicted molar refractivity (Wildman–Crippen MR) is 96.3 cm³/mol. The molecule has 0 N–H and O–H groups in total. The van der Waals surface area contributed by atoms with Crippen LogP contribution in [0.4, 0.5) is 0 Å². The maximum Gasteiger partial charge on any atom is 0.0406 e. The van der Waals surface area contributed by atoms with E-state index in [0.29, 0.717) is 0 Å². The Hall–Kier alpha value is -2.05. The minimum atomic E-state index is 0.771. The summed E-state index contributed by atoms with van der Waals surface area (Å²) in [4.78, 5) is 0. The van der Waals surface area contributed by atoms with Gasteiger partial charge in [-0.1, -0.05) is 85.6 Å². The highest BCUT2D eigenvalue weighted by atomic mass is 35.5. The van der Waals surface area contributed by atoms with Crippen molar-refractivity contribution in [2.45, 2.75) is 19.8 Å². The lowest BCUT2D eigenvalue weighted by Gasteiger charge is -2.06. The molecular weight excluding hydrogens is 288 g/mol. The number of halogens is 1. The van der Waals surface area contributed by atoms with Crippen LogP contribution in [0, 0.1) is 0 Å². The Labute approximate surface area is 137 Å². The molecular formula is C21H19Cl. The van der Waals surface area contributed by atoms with Crippen LogP contribution in [-0.4, -0.2) is 0 Å². The first kappa shape index (κ1) is 14.9. The van der Waals surface area contributed by atoms with E-state index >= 15 is 0 Å². The zero-order valence-corrected chi connectivity index (χ0v) is 13.5. The molecule has 0 unspecified atom stereocenters. The molecule has 1 heteroatoms. The van der Waals surface area contributed by atoms with E-state index in [0.717, 1.165) is 11.4 Å². The van der Waals surface area contributed by atoms with Crippen molar-refractivity contribution in [3.05, 3.63) is 83.4 Å². The second kappa shape index (κ2) is 6.81. The van der Waals surface area contributed by atoms with Crippen molar-refractivity contribution in [3.8, 4) is 22.3 Å². The summed E-state index contributed by atoms with van der Waals surface area (Å²) in [5, 5.41) is 0.771. The summed E-state index contributed by atoms with van der Waals surface area (Å²) in [6, 6.07) is 25.5. The largest absolute Gasteiger partial charge is 0.0843 e. The zero-order valence-electron chi connectivity index (χ0n) is 12.7. The third-order valence-electron chi connectivity index (χ3n) is 3.89. The Morgan fingerprint density at radius 1 is 0.591 bits per heavy atom. The molecule has 22 heavy (non-hydrogen) atoms. The third-order valence-corrected chi connectivity index (χ3v) is 4.14. The number of benzene rings is 3. The van der Waals surface area contributed by atoms with Gasteiger partial charge in [0.1, 0.15) is 0 Å². The molecule has 0 atom stereocenters. The van der Waals surface area contributed by atoms with Gasteiger partial charge in [0.2, 0.25) is 0 Å². The van der Waals surface area contributed by atoms with Crippen LogP contribution in [0.15, 0.2) is 72.8 Å². The van der Waals surface area contributed by atoms with E-state index in [4.69, 9.17) is 11.6 Å². The van der Waals surface area contributed by atoms with Gasteiger partial charge in [0, 0.05) is 5.02 Å². The van der Waals surface area contributed by atoms with Gasteiger partial charge < -0.3 is 0 Å². The van der Waals surface area contributed by atoms with Crippen LogP contribution < -0.4 is 0 Å². The molecule has 0 spiro atoms. The summed E-state index contributed by atoms with van der Waals surface area (Å²) in [6.07, 6.45) is 2.34. The standard InChI is InChI=1S/C21H19Cl/c1-2-3-16-4-6-17(7-5-16)18-8-10-19(11-9-18)20-12-14-21(22)15-13-20/h4-15H,2-3H2,1H3. The van der Waals surface area contributed by atoms with Gasteiger partial charge in [0.15, 0.2) is 0 Å². The van der Waals surface area contributed by atoms with Crippen molar-refractivity contribution in [1.29, 1.82) is 0 Å². The molecule has 110 valence electrons. The number of rotatable bonds is 4. The molecule has 0 aromatic heterocycles. The second-order valence-electron chi connectivity index (χ2n) is 5.53. The van der Waals surface area contributed by atoms with Crippen LogP contribution in [0.25, 0.3) is 22.3 Å². The normalized spacial score (nSPS) is 10.6. The molecule has 0 aliphatic carbocycles. The molecule has 0 aliphatic heterocycles. The van der Waals surface area contributed by atoms with E-state index < -0.39 is 0 Å². The summed E-state index contributed by atoms with van der Waals surface area (Å²) < 4.78 is 0. The third kappa shape index (κ3) is 3.40. The van der Waals surface area contributed by atoms with E-state index in [1.54, 1.807) is 0 Å². The zero-order chi connectivity index (χ0) is 15.4. The van der Waals surface area contributed by atoms with Crippen molar-refractivity contribution < 1.29 is 0 Å². The van der Waals surface area contributed by atoms with Crippen molar-refractivity contribution >= 4 is 11.6 Å². The van der Waals surface area contributed by atoms with Gasteiger partial charge in [-0.05, 0) is 46.4 Å². The fourth-order valence-corrected chi connectivity index (χ4v) is 2.78. The topological polar surface area (TPSA) is 0 Å². The van der Waals surface area contributed by atoms with Gasteiger partial charge >= 0.3 is 0 Å². The quantitative estimate of drug-likeness (QED) is 0.507. The lowest BCUT2D eigenvalue weighted by atomic mass is 9.99. The van der Waals surface area contributed by atoms with Gasteiger partial charge in [-0.3, -0.25) is 0 Å². The van der Waals surface area contributed by atoms with Crippen molar-refractivity contribution in [3.63, 3.8) is 0 Å². The Morgan fingerprint density at radius 2 is 0.955 bits per heavy atom. The number of aryl methyl sites for hydroxylation is 1. The van der Waals surface area contributed by atoms with E-state index in [-0.39, 0.29) is 0 Å². The van der Waals surface area contributed by atoms with Gasteiger partial charge in [0.05, 0.1) is 0 Å². The van der Waals surface area contributed by atoms with Crippen LogP contribution >= 0.6 is 11.6 Å². The van der Waals surface area contributed by atoms with E-state index in [1.807, 2.05) is 12.1 Å². The summed E-state index contributed by atoms with van der Waals surface area (Å²) in [6.45, 7) is 2.21. The minimum Gasteiger partial charge on any atom is -0.0843 e. The first-order chi connectivity index (χ1) is 10.8. The molecule has 0 aliphatic rings. The predicted octanol–water partition coefficient (Wildman–Crippen LogP) is 6.63. The van der Waals surface area contributed by atoms with E-state index in [1.165, 1.54) is 34.2 Å². The van der Waals surface area contributed by atoms with Gasteiger partial charge in [-0.25, -0.2) is 0 Å². The fraction of sp³-hybridized carbons (Fsp3) is 0.143. The van der Waals surface area contributed by atoms with Crippen LogP contribution in [-0.2, 0) is 6.42 Å². The smallest absolute Gasteiger partial charge is 0.0406 e. The Morgan fingerprint density at radius 3 is 1.36 bits per heavy atom. The molecule has 0 saturated heterocycles. The maximum absolute atomic E-state index is 5.94. The Kier molecular flexibility index (Phi) is 4.60. The highest BCUT2D eigenvalue weighted by Crippen LogP contribution is 2.26. The molecule has 0 fully saturated rings. The van der Waals surface area contributed by atoms with Crippen molar-refractivity contribution in [2.75, 3.05) is 0 Å². The van der Waals surface area contributed by atoms with Crippen molar-refractivity contribution in [2.24, 2.45) is 0 Å². The molecule has 0 saturated carbocycles. The van der Waals surface area contributed by atoms with Gasteiger partial charge in [-0.15, -0.1) is 0 Å². The lowest BCUT2D eigenvalue weighted by Crippen LogP contribution is -1.84. The highest BCUT2D eigenvalue weighted by molar-refractivity contribution is 6.30. The second-order valence-corrected chi connectivity index (χ2v) is 5.97. The molecule has 3 rings (SSSR count). The SMILES string of the molecule is CCCc1ccc(-c2ccc(-c3ccc(Cl)cc3)cc2)cc1. The van der Waals surface area contributed by atoms with Crippen LogP contribution in [0.5, 0.6) is 0 Å². The van der Waals surface area contributed by atoms with E-state index in [9.17, 15) is 0 Å². The molecule has 0 heterocycles. The van der Waals surface area contributed by atoms with Gasteiger partial charge in [0.25, 0.3) is 0 Å². The van der Waals surface area contributed by atoms with Crippen LogP contribution in [0.3, 0.4) is 0 Å². The monoisotopic (exact) mass is 306 g/mol. The molecule has 3 aromatic carbocycles. The fourth-order valence-electron chi connectivity index (χ4n) is 2.65. The summed E-state index contributed by atoms with van der Waals surface area (Å²) >= 11 is 5.94. The number of hydrogen-bond acceptors (Lipinski definition) is 0. The maximum atomic E-state index is 5.94. The molecule has 0 bridgehead atoms. The lowest BCUT2D eigenvalue weighted by molar-refractivity contribution is 0.922. The molecule has 0 nitrogen and oxygen atoms in total. The Bertz CT molecular complexity index is 722. The van der Waals surface area contributed by atoms with E-state index in [2.05, 4.69) is 67.6 Å². The summed E-state index contributed by atoms with van der Waals surface area (Å²) in [5.41, 5.74) is 6.32. The highest BCUT2D eigenvalue weighted by Gasteiger charge is 2.01. The summed E-state index contributed by atoms with van der Waals surface area (Å²) in [7, 11) is 0. The average Bonchev–Trinajstić information content (AvgIpc) is 2.57. The molecule has 3 aromatic rings. The molecule has 0 radical (unpaired) electrons.